The summed E-state index contributed by atoms with van der Waals surface area (Å²) in [5, 5.41) is 10.6. The molecule has 0 amide bonds. The van der Waals surface area contributed by atoms with Crippen molar-refractivity contribution in [1.82, 2.24) is 0 Å². The lowest BCUT2D eigenvalue weighted by Crippen LogP contribution is -2.26. The second-order valence-corrected chi connectivity index (χ2v) is 4.34. The summed E-state index contributed by atoms with van der Waals surface area (Å²) in [6.45, 7) is 1.12. The van der Waals surface area contributed by atoms with Gasteiger partial charge in [-0.15, -0.1) is 0 Å². The normalized spacial score (nSPS) is 25.4. The van der Waals surface area contributed by atoms with Crippen LogP contribution in [0, 0.1) is 5.82 Å². The molecule has 2 rings (SSSR count). The summed E-state index contributed by atoms with van der Waals surface area (Å²) in [6.07, 6.45) is 1.79. The smallest absolute Gasteiger partial charge is 0.125 e. The van der Waals surface area contributed by atoms with Crippen molar-refractivity contribution in [2.75, 3.05) is 20.3 Å². The molecule has 1 saturated heterocycles. The minimum absolute atomic E-state index is 0.362. The van der Waals surface area contributed by atoms with Crippen molar-refractivity contribution in [1.29, 1.82) is 0 Å². The number of methoxy groups -OCH3 is 1. The lowest BCUT2D eigenvalue weighted by atomic mass is 9.86. The maximum Gasteiger partial charge on any atom is 0.125 e. The number of halogens is 1. The van der Waals surface area contributed by atoms with Gasteiger partial charge in [-0.3, -0.25) is 0 Å². The maximum atomic E-state index is 13.3. The number of hydrogen-bond acceptors (Lipinski definition) is 3. The van der Waals surface area contributed by atoms with E-state index < -0.39 is 5.60 Å². The van der Waals surface area contributed by atoms with Gasteiger partial charge in [0.05, 0.1) is 12.7 Å². The number of ether oxygens (including phenoxy) is 2. The summed E-state index contributed by atoms with van der Waals surface area (Å²) in [5.41, 5.74) is -0.533. The minimum atomic E-state index is -1.05. The molecule has 0 aliphatic carbocycles. The van der Waals surface area contributed by atoms with Crippen LogP contribution in [-0.4, -0.2) is 25.4 Å². The van der Waals surface area contributed by atoms with Gasteiger partial charge in [0.2, 0.25) is 0 Å². The van der Waals surface area contributed by atoms with Crippen LogP contribution < -0.4 is 4.74 Å². The molecule has 1 heterocycles. The second kappa shape index (κ2) is 5.02. The molecule has 1 atom stereocenters. The summed E-state index contributed by atoms with van der Waals surface area (Å²) in [7, 11) is 1.52. The number of rotatable bonds is 2. The van der Waals surface area contributed by atoms with Crippen molar-refractivity contribution in [3.63, 3.8) is 0 Å². The standard InChI is InChI=1S/C13H17FO3/c1-16-12-4-3-10(14)9-11(12)13(15)5-2-7-17-8-6-13/h3-4,9,15H,2,5-8H2,1H3. The molecule has 0 spiro atoms. The van der Waals surface area contributed by atoms with E-state index in [1.807, 2.05) is 0 Å². The Morgan fingerprint density at radius 3 is 2.94 bits per heavy atom. The number of hydrogen-bond donors (Lipinski definition) is 1. The third-order valence-electron chi connectivity index (χ3n) is 3.20. The molecule has 0 aromatic heterocycles. The fraction of sp³-hybridized carbons (Fsp3) is 0.538. The minimum Gasteiger partial charge on any atom is -0.496 e. The molecule has 3 nitrogen and oxygen atoms in total. The first-order valence-electron chi connectivity index (χ1n) is 5.80. The molecular weight excluding hydrogens is 223 g/mol. The average Bonchev–Trinajstić information content (AvgIpc) is 2.55. The van der Waals surface area contributed by atoms with Gasteiger partial charge in [0.1, 0.15) is 11.6 Å². The highest BCUT2D eigenvalue weighted by molar-refractivity contribution is 5.38. The van der Waals surface area contributed by atoms with Crippen molar-refractivity contribution in [3.05, 3.63) is 29.6 Å². The van der Waals surface area contributed by atoms with E-state index >= 15 is 0 Å². The molecule has 17 heavy (non-hydrogen) atoms. The van der Waals surface area contributed by atoms with Crippen molar-refractivity contribution in [2.45, 2.75) is 24.9 Å². The van der Waals surface area contributed by atoms with E-state index in [0.29, 0.717) is 37.4 Å². The molecule has 1 aromatic rings. The fourth-order valence-corrected chi connectivity index (χ4v) is 2.25. The second-order valence-electron chi connectivity index (χ2n) is 4.34. The molecule has 1 unspecified atom stereocenters. The monoisotopic (exact) mass is 240 g/mol. The van der Waals surface area contributed by atoms with Crippen molar-refractivity contribution >= 4 is 0 Å². The first-order valence-corrected chi connectivity index (χ1v) is 5.80. The fourth-order valence-electron chi connectivity index (χ4n) is 2.25. The van der Waals surface area contributed by atoms with Crippen LogP contribution in [0.3, 0.4) is 0 Å². The van der Waals surface area contributed by atoms with Crippen LogP contribution in [0.1, 0.15) is 24.8 Å². The Hall–Kier alpha value is -1.13. The van der Waals surface area contributed by atoms with Crippen molar-refractivity contribution in [3.8, 4) is 5.75 Å². The van der Waals surface area contributed by atoms with Crippen LogP contribution in [0.15, 0.2) is 18.2 Å². The average molecular weight is 240 g/mol. The van der Waals surface area contributed by atoms with Crippen LogP contribution >= 0.6 is 0 Å². The third-order valence-corrected chi connectivity index (χ3v) is 3.20. The van der Waals surface area contributed by atoms with E-state index in [9.17, 15) is 9.50 Å². The summed E-state index contributed by atoms with van der Waals surface area (Å²) < 4.78 is 23.8. The van der Waals surface area contributed by atoms with E-state index in [2.05, 4.69) is 0 Å². The lowest BCUT2D eigenvalue weighted by molar-refractivity contribution is 0.0121. The van der Waals surface area contributed by atoms with Crippen molar-refractivity contribution in [2.24, 2.45) is 0 Å². The van der Waals surface area contributed by atoms with Gasteiger partial charge in [-0.2, -0.15) is 0 Å². The highest BCUT2D eigenvalue weighted by Gasteiger charge is 2.33. The Labute approximate surface area is 100 Å². The van der Waals surface area contributed by atoms with Crippen LogP contribution in [0.2, 0.25) is 0 Å². The molecule has 0 bridgehead atoms. The van der Waals surface area contributed by atoms with E-state index in [4.69, 9.17) is 9.47 Å². The summed E-state index contributed by atoms with van der Waals surface area (Å²) in [5.74, 6) is 0.162. The van der Waals surface area contributed by atoms with Crippen LogP contribution in [-0.2, 0) is 10.3 Å². The molecule has 94 valence electrons. The highest BCUT2D eigenvalue weighted by atomic mass is 19.1. The largest absolute Gasteiger partial charge is 0.496 e. The molecule has 0 radical (unpaired) electrons. The van der Waals surface area contributed by atoms with Crippen LogP contribution in [0.5, 0.6) is 5.75 Å². The molecule has 0 saturated carbocycles. The van der Waals surface area contributed by atoms with E-state index in [-0.39, 0.29) is 5.82 Å². The Balaban J connectivity index is 2.38. The van der Waals surface area contributed by atoms with Gasteiger partial charge in [-0.25, -0.2) is 4.39 Å². The van der Waals surface area contributed by atoms with Crippen LogP contribution in [0.25, 0.3) is 0 Å². The van der Waals surface area contributed by atoms with Gasteiger partial charge in [-0.1, -0.05) is 0 Å². The van der Waals surface area contributed by atoms with E-state index in [1.165, 1.54) is 19.2 Å². The molecule has 1 N–H and O–H groups in total. The zero-order chi connectivity index (χ0) is 12.3. The number of aliphatic hydroxyl groups is 1. The van der Waals surface area contributed by atoms with Gasteiger partial charge in [0.25, 0.3) is 0 Å². The molecule has 4 heteroatoms. The quantitative estimate of drug-likeness (QED) is 0.861. The summed E-state index contributed by atoms with van der Waals surface area (Å²) >= 11 is 0. The first-order chi connectivity index (χ1) is 8.15. The molecule has 1 aromatic carbocycles. The predicted octanol–water partition coefficient (Wildman–Crippen LogP) is 2.22. The van der Waals surface area contributed by atoms with Gasteiger partial charge in [0.15, 0.2) is 0 Å². The van der Waals surface area contributed by atoms with Gasteiger partial charge < -0.3 is 14.6 Å². The Bertz CT molecular complexity index is 384. The van der Waals surface area contributed by atoms with Crippen molar-refractivity contribution < 1.29 is 19.0 Å². The summed E-state index contributed by atoms with van der Waals surface area (Å²) in [6, 6.07) is 4.23. The number of benzene rings is 1. The topological polar surface area (TPSA) is 38.7 Å². The summed E-state index contributed by atoms with van der Waals surface area (Å²) in [4.78, 5) is 0. The maximum absolute atomic E-state index is 13.3. The zero-order valence-electron chi connectivity index (χ0n) is 9.91. The van der Waals surface area contributed by atoms with Gasteiger partial charge >= 0.3 is 0 Å². The zero-order valence-corrected chi connectivity index (χ0v) is 9.91. The molecular formula is C13H17FO3. The van der Waals surface area contributed by atoms with E-state index in [0.717, 1.165) is 6.42 Å². The van der Waals surface area contributed by atoms with E-state index in [1.54, 1.807) is 6.07 Å². The molecule has 1 fully saturated rings. The van der Waals surface area contributed by atoms with Gasteiger partial charge in [0, 0.05) is 25.2 Å². The lowest BCUT2D eigenvalue weighted by Gasteiger charge is -2.28. The highest BCUT2D eigenvalue weighted by Crippen LogP contribution is 2.37. The Morgan fingerprint density at radius 1 is 1.35 bits per heavy atom. The van der Waals surface area contributed by atoms with Crippen LogP contribution in [0.4, 0.5) is 4.39 Å². The van der Waals surface area contributed by atoms with Gasteiger partial charge in [-0.05, 0) is 31.0 Å². The third kappa shape index (κ3) is 2.58. The first kappa shape index (κ1) is 12.3. The predicted molar refractivity (Wildman–Crippen MR) is 61.5 cm³/mol. The Kier molecular flexibility index (Phi) is 3.64. The molecule has 1 aliphatic heterocycles. The Morgan fingerprint density at radius 2 is 2.18 bits per heavy atom. The SMILES string of the molecule is COc1ccc(F)cc1C1(O)CCCOCC1. The molecule has 1 aliphatic rings.